The first-order chi connectivity index (χ1) is 11.8. The average Bonchev–Trinajstić information content (AvgIpc) is 3.06. The number of benzene rings is 2. The zero-order valence-electron chi connectivity index (χ0n) is 13.1. The minimum Gasteiger partial charge on any atom is -0.361 e. The smallest absolute Gasteiger partial charge is 0.133 e. The van der Waals surface area contributed by atoms with Crippen LogP contribution in [0, 0.1) is 6.92 Å². The van der Waals surface area contributed by atoms with Crippen LogP contribution >= 0.6 is 11.8 Å². The molecule has 0 aliphatic carbocycles. The van der Waals surface area contributed by atoms with Crippen LogP contribution in [0.3, 0.4) is 0 Å². The summed E-state index contributed by atoms with van der Waals surface area (Å²) in [7, 11) is 0. The third-order valence-electron chi connectivity index (χ3n) is 3.73. The predicted molar refractivity (Wildman–Crippen MR) is 95.8 cm³/mol. The fraction of sp³-hybridized carbons (Fsp3) is 0.105. The number of fused-ring (bicyclic) bond motifs is 1. The van der Waals surface area contributed by atoms with Gasteiger partial charge in [-0.3, -0.25) is 0 Å². The van der Waals surface area contributed by atoms with Gasteiger partial charge in [-0.05, 0) is 6.92 Å². The lowest BCUT2D eigenvalue weighted by Crippen LogP contribution is -1.94. The molecule has 0 spiro atoms. The van der Waals surface area contributed by atoms with Gasteiger partial charge >= 0.3 is 0 Å². The van der Waals surface area contributed by atoms with Gasteiger partial charge < -0.3 is 4.52 Å². The van der Waals surface area contributed by atoms with E-state index in [1.165, 1.54) is 0 Å². The zero-order chi connectivity index (χ0) is 16.4. The van der Waals surface area contributed by atoms with E-state index in [1.807, 2.05) is 43.3 Å². The summed E-state index contributed by atoms with van der Waals surface area (Å²) in [6, 6.07) is 20.3. The van der Waals surface area contributed by atoms with Crippen molar-refractivity contribution in [2.24, 2.45) is 0 Å². The molecule has 0 fully saturated rings. The number of hydrogen-bond donors (Lipinski definition) is 0. The minimum absolute atomic E-state index is 0.709. The van der Waals surface area contributed by atoms with Gasteiger partial charge in [0.25, 0.3) is 0 Å². The van der Waals surface area contributed by atoms with E-state index in [2.05, 4.69) is 39.6 Å². The number of aryl methyl sites for hydroxylation is 1. The van der Waals surface area contributed by atoms with Gasteiger partial charge in [-0.1, -0.05) is 71.5 Å². The lowest BCUT2D eigenvalue weighted by molar-refractivity contribution is 0.393. The molecule has 0 N–H and O–H groups in total. The van der Waals surface area contributed by atoms with Crippen LogP contribution in [0.1, 0.15) is 11.5 Å². The number of hydrogen-bond acceptors (Lipinski definition) is 5. The molecular weight excluding hydrogens is 318 g/mol. The summed E-state index contributed by atoms with van der Waals surface area (Å²) in [4.78, 5) is 0. The highest BCUT2D eigenvalue weighted by Crippen LogP contribution is 2.32. The van der Waals surface area contributed by atoms with E-state index in [-0.39, 0.29) is 0 Å². The Bertz CT molecular complexity index is 982. The molecule has 5 heteroatoms. The van der Waals surface area contributed by atoms with Crippen molar-refractivity contribution in [3.05, 3.63) is 72.1 Å². The molecule has 2 aromatic carbocycles. The maximum atomic E-state index is 5.12. The van der Waals surface area contributed by atoms with Crippen molar-refractivity contribution in [3.8, 4) is 11.3 Å². The van der Waals surface area contributed by atoms with Crippen LogP contribution < -0.4 is 0 Å². The molecule has 2 aromatic heterocycles. The molecule has 0 aliphatic rings. The lowest BCUT2D eigenvalue weighted by atomic mass is 10.1. The van der Waals surface area contributed by atoms with Gasteiger partial charge in [0.1, 0.15) is 16.5 Å². The molecule has 2 heterocycles. The van der Waals surface area contributed by atoms with E-state index in [9.17, 15) is 0 Å². The maximum Gasteiger partial charge on any atom is 0.133 e. The Kier molecular flexibility index (Phi) is 4.01. The summed E-state index contributed by atoms with van der Waals surface area (Å²) in [5, 5.41) is 16.1. The van der Waals surface area contributed by atoms with E-state index >= 15 is 0 Å². The van der Waals surface area contributed by atoms with Crippen LogP contribution in [-0.4, -0.2) is 15.4 Å². The molecule has 4 aromatic rings. The van der Waals surface area contributed by atoms with Crippen molar-refractivity contribution in [2.75, 3.05) is 0 Å². The Morgan fingerprint density at radius 2 is 1.67 bits per heavy atom. The molecule has 4 rings (SSSR count). The Balaban J connectivity index is 1.73. The van der Waals surface area contributed by atoms with Gasteiger partial charge in [-0.15, -0.1) is 10.2 Å². The normalized spacial score (nSPS) is 11.0. The van der Waals surface area contributed by atoms with Crippen LogP contribution in [0.2, 0.25) is 0 Å². The first kappa shape index (κ1) is 14.9. The van der Waals surface area contributed by atoms with E-state index in [0.717, 1.165) is 38.5 Å². The van der Waals surface area contributed by atoms with Gasteiger partial charge in [0.2, 0.25) is 0 Å². The van der Waals surface area contributed by atoms with Gasteiger partial charge in [0.15, 0.2) is 0 Å². The molecule has 24 heavy (non-hydrogen) atoms. The second-order valence-corrected chi connectivity index (χ2v) is 6.45. The van der Waals surface area contributed by atoms with E-state index in [4.69, 9.17) is 4.52 Å². The quantitative estimate of drug-likeness (QED) is 0.498. The minimum atomic E-state index is 0.709. The molecular formula is C19H15N3OS. The first-order valence-corrected chi connectivity index (χ1v) is 8.65. The van der Waals surface area contributed by atoms with E-state index in [1.54, 1.807) is 11.8 Å². The van der Waals surface area contributed by atoms with Gasteiger partial charge in [0.05, 0.1) is 5.69 Å². The second kappa shape index (κ2) is 6.45. The number of nitrogens with zero attached hydrogens (tertiary/aromatic N) is 3. The molecule has 4 nitrogen and oxygen atoms in total. The highest BCUT2D eigenvalue weighted by Gasteiger charge is 2.12. The summed E-state index contributed by atoms with van der Waals surface area (Å²) < 4.78 is 5.12. The van der Waals surface area contributed by atoms with Gasteiger partial charge in [0, 0.05) is 28.2 Å². The summed E-state index contributed by atoms with van der Waals surface area (Å²) in [5.41, 5.74) is 2.90. The summed E-state index contributed by atoms with van der Waals surface area (Å²) >= 11 is 1.62. The van der Waals surface area contributed by atoms with Gasteiger partial charge in [-0.2, -0.15) is 0 Å². The second-order valence-electron chi connectivity index (χ2n) is 5.48. The first-order valence-electron chi connectivity index (χ1n) is 7.67. The fourth-order valence-corrected chi connectivity index (χ4v) is 3.48. The summed E-state index contributed by atoms with van der Waals surface area (Å²) in [6.45, 7) is 1.89. The Labute approximate surface area is 143 Å². The number of aromatic nitrogens is 3. The standard InChI is InChI=1S/C19H15N3OS/c1-13-11-15(22-23-13)12-24-19-17-10-6-5-9-16(17)18(20-21-19)14-7-3-2-4-8-14/h2-11H,12H2,1H3. The molecule has 0 bridgehead atoms. The number of rotatable bonds is 4. The SMILES string of the molecule is Cc1cc(CSc2nnc(-c3ccccc3)c3ccccc23)no1. The van der Waals surface area contributed by atoms with E-state index in [0.29, 0.717) is 5.75 Å². The van der Waals surface area contributed by atoms with Crippen LogP contribution in [0.4, 0.5) is 0 Å². The topological polar surface area (TPSA) is 51.8 Å². The summed E-state index contributed by atoms with van der Waals surface area (Å²) in [6.07, 6.45) is 0. The Morgan fingerprint density at radius 1 is 0.917 bits per heavy atom. The molecule has 0 atom stereocenters. The highest BCUT2D eigenvalue weighted by atomic mass is 32.2. The van der Waals surface area contributed by atoms with Crippen molar-refractivity contribution >= 4 is 22.5 Å². The summed E-state index contributed by atoms with van der Waals surface area (Å²) in [5.74, 6) is 1.53. The maximum absolute atomic E-state index is 5.12. The van der Waals surface area contributed by atoms with Crippen LogP contribution in [0.15, 0.2) is 70.2 Å². The predicted octanol–water partition coefficient (Wildman–Crippen LogP) is 4.89. The largest absolute Gasteiger partial charge is 0.361 e. The molecule has 0 amide bonds. The van der Waals surface area contributed by atoms with Crippen molar-refractivity contribution < 1.29 is 4.52 Å². The molecule has 0 saturated carbocycles. The van der Waals surface area contributed by atoms with Crippen molar-refractivity contribution in [1.29, 1.82) is 0 Å². The zero-order valence-corrected chi connectivity index (χ0v) is 14.0. The molecule has 0 aliphatic heterocycles. The van der Waals surface area contributed by atoms with Crippen LogP contribution in [0.5, 0.6) is 0 Å². The Morgan fingerprint density at radius 3 is 2.42 bits per heavy atom. The van der Waals surface area contributed by atoms with Crippen LogP contribution in [0.25, 0.3) is 22.0 Å². The number of thioether (sulfide) groups is 1. The molecule has 118 valence electrons. The fourth-order valence-electron chi connectivity index (χ4n) is 2.62. The van der Waals surface area contributed by atoms with Crippen molar-refractivity contribution in [1.82, 2.24) is 15.4 Å². The molecule has 0 saturated heterocycles. The van der Waals surface area contributed by atoms with Gasteiger partial charge in [-0.25, -0.2) is 0 Å². The monoisotopic (exact) mass is 333 g/mol. The highest BCUT2D eigenvalue weighted by molar-refractivity contribution is 7.98. The third kappa shape index (κ3) is 2.90. The molecule has 0 radical (unpaired) electrons. The molecule has 0 unspecified atom stereocenters. The Hall–Kier alpha value is -2.66. The average molecular weight is 333 g/mol. The van der Waals surface area contributed by atoms with Crippen LogP contribution in [-0.2, 0) is 5.75 Å². The van der Waals surface area contributed by atoms with E-state index < -0.39 is 0 Å². The van der Waals surface area contributed by atoms with Crippen molar-refractivity contribution in [2.45, 2.75) is 17.7 Å². The van der Waals surface area contributed by atoms with Crippen molar-refractivity contribution in [3.63, 3.8) is 0 Å². The lowest BCUT2D eigenvalue weighted by Gasteiger charge is -2.08. The third-order valence-corrected chi connectivity index (χ3v) is 4.75.